The molecule has 138 valence electrons. The summed E-state index contributed by atoms with van der Waals surface area (Å²) in [5, 5.41) is 2.96. The summed E-state index contributed by atoms with van der Waals surface area (Å²) in [7, 11) is -1.70. The van der Waals surface area contributed by atoms with Gasteiger partial charge in [-0.3, -0.25) is 4.79 Å². The molecular weight excluding hydrogens is 347 g/mol. The molecule has 1 aliphatic heterocycles. The van der Waals surface area contributed by atoms with E-state index < -0.39 is 15.7 Å². The maximum atomic E-state index is 13.7. The summed E-state index contributed by atoms with van der Waals surface area (Å²) < 4.78 is 42.6. The van der Waals surface area contributed by atoms with Crippen LogP contribution in [0.1, 0.15) is 18.4 Å². The topological polar surface area (TPSA) is 98.5 Å². The molecular formula is C17H23FN2O4S. The molecule has 1 amide bonds. The van der Waals surface area contributed by atoms with Gasteiger partial charge in [0.1, 0.15) is 0 Å². The molecule has 1 heterocycles. The van der Waals surface area contributed by atoms with Crippen LogP contribution in [0.3, 0.4) is 0 Å². The monoisotopic (exact) mass is 370 g/mol. The molecule has 3 N–H and O–H groups in total. The van der Waals surface area contributed by atoms with Gasteiger partial charge < -0.3 is 15.8 Å². The minimum absolute atomic E-state index is 0.0191. The first kappa shape index (κ1) is 18.1. The Kier molecular flexibility index (Phi) is 5.02. The molecule has 0 aromatic heterocycles. The highest BCUT2D eigenvalue weighted by Crippen LogP contribution is 2.35. The second-order valence-electron chi connectivity index (χ2n) is 7.07. The summed E-state index contributed by atoms with van der Waals surface area (Å²) in [6.45, 7) is 0. The van der Waals surface area contributed by atoms with Crippen LogP contribution in [0.15, 0.2) is 18.2 Å². The van der Waals surface area contributed by atoms with Crippen molar-refractivity contribution in [2.75, 3.05) is 18.6 Å². The number of amides is 1. The van der Waals surface area contributed by atoms with Crippen molar-refractivity contribution in [3.05, 3.63) is 29.6 Å². The highest BCUT2D eigenvalue weighted by molar-refractivity contribution is 7.91. The largest absolute Gasteiger partial charge is 0.494 e. The number of carbonyl (C=O) groups is 1. The standard InChI is InChI=1S/C17H23FN2O4S/c1-24-15-3-2-10(4-14(15)18)5-16(21)20-17-11-6-13(19)7-12(17)9-25(22,23)8-11/h2-4,11-13,17H,5-9,19H2,1H3,(H,20,21). The second-order valence-corrected chi connectivity index (χ2v) is 9.22. The Bertz CT molecular complexity index is 746. The van der Waals surface area contributed by atoms with Crippen molar-refractivity contribution in [1.29, 1.82) is 0 Å². The van der Waals surface area contributed by atoms with Crippen LogP contribution in [-0.2, 0) is 21.1 Å². The van der Waals surface area contributed by atoms with E-state index in [1.165, 1.54) is 19.2 Å². The van der Waals surface area contributed by atoms with Gasteiger partial charge in [-0.05, 0) is 42.4 Å². The van der Waals surface area contributed by atoms with Crippen molar-refractivity contribution in [1.82, 2.24) is 5.32 Å². The second kappa shape index (κ2) is 6.92. The predicted molar refractivity (Wildman–Crippen MR) is 91.4 cm³/mol. The number of hydrogen-bond donors (Lipinski definition) is 2. The molecule has 0 radical (unpaired) electrons. The van der Waals surface area contributed by atoms with Crippen LogP contribution in [0.4, 0.5) is 4.39 Å². The van der Waals surface area contributed by atoms with Gasteiger partial charge >= 0.3 is 0 Å². The summed E-state index contributed by atoms with van der Waals surface area (Å²) in [4.78, 5) is 12.4. The lowest BCUT2D eigenvalue weighted by Crippen LogP contribution is -2.58. The van der Waals surface area contributed by atoms with Crippen LogP contribution in [-0.4, -0.2) is 45.0 Å². The molecule has 2 unspecified atom stereocenters. The third-order valence-electron chi connectivity index (χ3n) is 5.07. The Morgan fingerprint density at radius 3 is 2.52 bits per heavy atom. The number of benzene rings is 1. The predicted octanol–water partition coefficient (Wildman–Crippen LogP) is 0.644. The summed E-state index contributed by atoms with van der Waals surface area (Å²) in [5.41, 5.74) is 6.56. The number of ether oxygens (including phenoxy) is 1. The van der Waals surface area contributed by atoms with Crippen LogP contribution in [0.25, 0.3) is 0 Å². The fourth-order valence-electron chi connectivity index (χ4n) is 4.09. The molecule has 2 aliphatic rings. The zero-order valence-corrected chi connectivity index (χ0v) is 14.9. The van der Waals surface area contributed by atoms with E-state index in [-0.39, 0.29) is 53.5 Å². The van der Waals surface area contributed by atoms with Crippen molar-refractivity contribution < 1.29 is 22.3 Å². The minimum atomic E-state index is -3.08. The first-order valence-corrected chi connectivity index (χ1v) is 10.2. The van der Waals surface area contributed by atoms with E-state index in [4.69, 9.17) is 10.5 Å². The van der Waals surface area contributed by atoms with Gasteiger partial charge in [-0.15, -0.1) is 0 Å². The van der Waals surface area contributed by atoms with E-state index >= 15 is 0 Å². The molecule has 1 aliphatic carbocycles. The van der Waals surface area contributed by atoms with E-state index in [9.17, 15) is 17.6 Å². The van der Waals surface area contributed by atoms with Crippen molar-refractivity contribution >= 4 is 15.7 Å². The Hall–Kier alpha value is -1.67. The SMILES string of the molecule is COc1ccc(CC(=O)NC2C3CC(N)CC2CS(=O)(=O)C3)cc1F. The highest BCUT2D eigenvalue weighted by atomic mass is 32.2. The fourth-order valence-corrected chi connectivity index (χ4v) is 6.22. The first-order chi connectivity index (χ1) is 11.8. The van der Waals surface area contributed by atoms with Crippen LogP contribution >= 0.6 is 0 Å². The van der Waals surface area contributed by atoms with Crippen molar-refractivity contribution in [2.45, 2.75) is 31.3 Å². The number of methoxy groups -OCH3 is 1. The van der Waals surface area contributed by atoms with Crippen molar-refractivity contribution in [3.63, 3.8) is 0 Å². The maximum Gasteiger partial charge on any atom is 0.224 e. The first-order valence-electron chi connectivity index (χ1n) is 8.35. The Morgan fingerprint density at radius 1 is 1.32 bits per heavy atom. The molecule has 2 atom stereocenters. The van der Waals surface area contributed by atoms with Gasteiger partial charge in [-0.1, -0.05) is 6.07 Å². The quantitative estimate of drug-likeness (QED) is 0.811. The number of fused-ring (bicyclic) bond motifs is 2. The average Bonchev–Trinajstić information content (AvgIpc) is 2.48. The lowest BCUT2D eigenvalue weighted by molar-refractivity contribution is -0.122. The Morgan fingerprint density at radius 2 is 1.96 bits per heavy atom. The summed E-state index contributed by atoms with van der Waals surface area (Å²) in [6, 6.07) is 4.21. The zero-order chi connectivity index (χ0) is 18.2. The number of rotatable bonds is 4. The zero-order valence-electron chi connectivity index (χ0n) is 14.1. The average molecular weight is 370 g/mol. The molecule has 0 spiro atoms. The van der Waals surface area contributed by atoms with Crippen LogP contribution in [0, 0.1) is 17.7 Å². The molecule has 6 nitrogen and oxygen atoms in total. The smallest absolute Gasteiger partial charge is 0.224 e. The molecule has 1 aromatic carbocycles. The van der Waals surface area contributed by atoms with E-state index in [1.807, 2.05) is 0 Å². The van der Waals surface area contributed by atoms with Gasteiger partial charge in [-0.2, -0.15) is 0 Å². The van der Waals surface area contributed by atoms with Gasteiger partial charge in [0.15, 0.2) is 21.4 Å². The highest BCUT2D eigenvalue weighted by Gasteiger charge is 2.45. The number of hydrogen-bond acceptors (Lipinski definition) is 5. The molecule has 25 heavy (non-hydrogen) atoms. The summed E-state index contributed by atoms with van der Waals surface area (Å²) >= 11 is 0. The van der Waals surface area contributed by atoms with Crippen LogP contribution < -0.4 is 15.8 Å². The van der Waals surface area contributed by atoms with E-state index in [0.717, 1.165) is 0 Å². The molecule has 2 bridgehead atoms. The van der Waals surface area contributed by atoms with E-state index in [1.54, 1.807) is 6.07 Å². The number of halogens is 1. The molecule has 2 fully saturated rings. The van der Waals surface area contributed by atoms with Crippen LogP contribution in [0.5, 0.6) is 5.75 Å². The molecule has 3 rings (SSSR count). The molecule has 8 heteroatoms. The number of nitrogens with two attached hydrogens (primary N) is 1. The molecule has 1 saturated heterocycles. The number of sulfone groups is 1. The Labute approximate surface area is 146 Å². The third kappa shape index (κ3) is 4.12. The van der Waals surface area contributed by atoms with E-state index in [0.29, 0.717) is 18.4 Å². The van der Waals surface area contributed by atoms with Gasteiger partial charge in [-0.25, -0.2) is 12.8 Å². The van der Waals surface area contributed by atoms with Crippen LogP contribution in [0.2, 0.25) is 0 Å². The summed E-state index contributed by atoms with van der Waals surface area (Å²) in [5.74, 6) is -0.782. The van der Waals surface area contributed by atoms with Crippen molar-refractivity contribution in [3.8, 4) is 5.75 Å². The molecule has 1 saturated carbocycles. The Balaban J connectivity index is 1.67. The number of carbonyl (C=O) groups excluding carboxylic acids is 1. The lowest BCUT2D eigenvalue weighted by atomic mass is 9.75. The van der Waals surface area contributed by atoms with Gasteiger partial charge in [0, 0.05) is 12.1 Å². The lowest BCUT2D eigenvalue weighted by Gasteiger charge is -2.44. The summed E-state index contributed by atoms with van der Waals surface area (Å²) in [6.07, 6.45) is 1.23. The van der Waals surface area contributed by atoms with Gasteiger partial charge in [0.25, 0.3) is 0 Å². The van der Waals surface area contributed by atoms with Gasteiger partial charge in [0.05, 0.1) is 25.0 Å². The van der Waals surface area contributed by atoms with Gasteiger partial charge in [0.2, 0.25) is 5.91 Å². The normalized spacial score (nSPS) is 30.5. The third-order valence-corrected chi connectivity index (χ3v) is 6.94. The number of nitrogens with one attached hydrogen (secondary N) is 1. The molecule has 1 aromatic rings. The van der Waals surface area contributed by atoms with Crippen molar-refractivity contribution in [2.24, 2.45) is 17.6 Å². The fraction of sp³-hybridized carbons (Fsp3) is 0.588. The van der Waals surface area contributed by atoms with E-state index in [2.05, 4.69) is 5.32 Å². The maximum absolute atomic E-state index is 13.7. The minimum Gasteiger partial charge on any atom is -0.494 e.